The molecule has 0 bridgehead atoms. The first-order chi connectivity index (χ1) is 9.70. The van der Waals surface area contributed by atoms with E-state index in [0.717, 1.165) is 31.2 Å². The lowest BCUT2D eigenvalue weighted by atomic mass is 9.97. The van der Waals surface area contributed by atoms with E-state index in [1.807, 2.05) is 30.3 Å². The van der Waals surface area contributed by atoms with Crippen LogP contribution in [-0.4, -0.2) is 34.8 Å². The Balaban J connectivity index is 1.91. The zero-order chi connectivity index (χ0) is 14.4. The highest BCUT2D eigenvalue weighted by molar-refractivity contribution is 5.68. The summed E-state index contributed by atoms with van der Waals surface area (Å²) in [5.74, 6) is 0. The van der Waals surface area contributed by atoms with Crippen LogP contribution in [0, 0.1) is 0 Å². The molecule has 2 atom stereocenters. The van der Waals surface area contributed by atoms with Crippen molar-refractivity contribution in [2.75, 3.05) is 6.54 Å². The van der Waals surface area contributed by atoms with Gasteiger partial charge in [-0.25, -0.2) is 4.79 Å². The van der Waals surface area contributed by atoms with E-state index in [2.05, 4.69) is 6.92 Å². The number of amides is 1. The summed E-state index contributed by atoms with van der Waals surface area (Å²) in [6.07, 6.45) is 2.89. The maximum atomic E-state index is 12.2. The highest BCUT2D eigenvalue weighted by Crippen LogP contribution is 2.22. The minimum Gasteiger partial charge on any atom is -0.445 e. The second kappa shape index (κ2) is 7.29. The number of aliphatic hydroxyl groups excluding tert-OH is 1. The quantitative estimate of drug-likeness (QED) is 0.920. The van der Waals surface area contributed by atoms with Crippen molar-refractivity contribution in [3.8, 4) is 0 Å². The molecule has 20 heavy (non-hydrogen) atoms. The Kier molecular flexibility index (Phi) is 5.41. The lowest BCUT2D eigenvalue weighted by molar-refractivity contribution is 0.0183. The SMILES string of the molecule is CCC[C@H]1CC[C@@H](O)CN1C(=O)OCc1ccccc1. The molecule has 0 saturated carbocycles. The average Bonchev–Trinajstić information content (AvgIpc) is 2.48. The van der Waals surface area contributed by atoms with E-state index in [4.69, 9.17) is 4.74 Å². The fourth-order valence-corrected chi connectivity index (χ4v) is 2.67. The molecule has 1 saturated heterocycles. The van der Waals surface area contributed by atoms with E-state index >= 15 is 0 Å². The van der Waals surface area contributed by atoms with Crippen LogP contribution < -0.4 is 0 Å². The largest absolute Gasteiger partial charge is 0.445 e. The maximum absolute atomic E-state index is 12.2. The third-order valence-corrected chi connectivity index (χ3v) is 3.74. The minimum atomic E-state index is -0.424. The summed E-state index contributed by atoms with van der Waals surface area (Å²) in [6.45, 7) is 2.78. The van der Waals surface area contributed by atoms with E-state index in [9.17, 15) is 9.90 Å². The maximum Gasteiger partial charge on any atom is 0.410 e. The molecular formula is C16H23NO3. The van der Waals surface area contributed by atoms with Crippen molar-refractivity contribution >= 4 is 6.09 Å². The Bertz CT molecular complexity index is 421. The van der Waals surface area contributed by atoms with Gasteiger partial charge < -0.3 is 14.7 Å². The molecule has 1 aromatic rings. The normalized spacial score (nSPS) is 22.6. The molecule has 0 aromatic heterocycles. The van der Waals surface area contributed by atoms with Crippen LogP contribution >= 0.6 is 0 Å². The third kappa shape index (κ3) is 3.97. The van der Waals surface area contributed by atoms with Gasteiger partial charge in [-0.05, 0) is 24.8 Å². The van der Waals surface area contributed by atoms with Crippen molar-refractivity contribution in [3.05, 3.63) is 35.9 Å². The van der Waals surface area contributed by atoms with Crippen LogP contribution in [0.25, 0.3) is 0 Å². The van der Waals surface area contributed by atoms with E-state index in [1.165, 1.54) is 0 Å². The first-order valence-electron chi connectivity index (χ1n) is 7.36. The van der Waals surface area contributed by atoms with Crippen LogP contribution in [0.4, 0.5) is 4.79 Å². The van der Waals surface area contributed by atoms with E-state index in [0.29, 0.717) is 6.54 Å². The van der Waals surface area contributed by atoms with Gasteiger partial charge >= 0.3 is 6.09 Å². The lowest BCUT2D eigenvalue weighted by Gasteiger charge is -2.37. The fraction of sp³-hybridized carbons (Fsp3) is 0.562. The summed E-state index contributed by atoms with van der Waals surface area (Å²) >= 11 is 0. The number of hydrogen-bond acceptors (Lipinski definition) is 3. The second-order valence-corrected chi connectivity index (χ2v) is 5.37. The first kappa shape index (κ1) is 14.9. The van der Waals surface area contributed by atoms with Gasteiger partial charge in [0, 0.05) is 6.04 Å². The Hall–Kier alpha value is -1.55. The Morgan fingerprint density at radius 2 is 2.10 bits per heavy atom. The van der Waals surface area contributed by atoms with Gasteiger partial charge in [-0.3, -0.25) is 0 Å². The molecule has 0 unspecified atom stereocenters. The number of rotatable bonds is 4. The summed E-state index contributed by atoms with van der Waals surface area (Å²) in [5.41, 5.74) is 0.977. The van der Waals surface area contributed by atoms with Gasteiger partial charge in [-0.1, -0.05) is 43.7 Å². The number of aliphatic hydroxyl groups is 1. The summed E-state index contributed by atoms with van der Waals surface area (Å²) < 4.78 is 5.37. The van der Waals surface area contributed by atoms with Crippen molar-refractivity contribution in [3.63, 3.8) is 0 Å². The van der Waals surface area contributed by atoms with Crippen molar-refractivity contribution in [1.82, 2.24) is 4.90 Å². The number of carbonyl (C=O) groups excluding carboxylic acids is 1. The van der Waals surface area contributed by atoms with Crippen molar-refractivity contribution in [2.45, 2.75) is 51.4 Å². The number of hydrogen-bond donors (Lipinski definition) is 1. The standard InChI is InChI=1S/C16H23NO3/c1-2-6-14-9-10-15(18)11-17(14)16(19)20-12-13-7-4-3-5-8-13/h3-5,7-8,14-15,18H,2,6,9-12H2,1H3/t14-,15+/m0/s1. The topological polar surface area (TPSA) is 49.8 Å². The molecular weight excluding hydrogens is 254 g/mol. The monoisotopic (exact) mass is 277 g/mol. The van der Waals surface area contributed by atoms with Crippen LogP contribution in [-0.2, 0) is 11.3 Å². The Morgan fingerprint density at radius 3 is 2.80 bits per heavy atom. The molecule has 1 fully saturated rings. The molecule has 0 spiro atoms. The van der Waals surface area contributed by atoms with Gasteiger partial charge in [0.1, 0.15) is 6.61 Å². The van der Waals surface area contributed by atoms with Crippen LogP contribution in [0.15, 0.2) is 30.3 Å². The predicted octanol–water partition coefficient (Wildman–Crippen LogP) is 2.95. The molecule has 1 aliphatic heterocycles. The Morgan fingerprint density at radius 1 is 1.35 bits per heavy atom. The smallest absolute Gasteiger partial charge is 0.410 e. The van der Waals surface area contributed by atoms with Crippen LogP contribution in [0.1, 0.15) is 38.2 Å². The molecule has 1 heterocycles. The van der Waals surface area contributed by atoms with E-state index in [-0.39, 0.29) is 18.7 Å². The Labute approximate surface area is 120 Å². The molecule has 2 rings (SSSR count). The molecule has 4 nitrogen and oxygen atoms in total. The van der Waals surface area contributed by atoms with Crippen molar-refractivity contribution in [1.29, 1.82) is 0 Å². The van der Waals surface area contributed by atoms with Crippen molar-refractivity contribution < 1.29 is 14.6 Å². The molecule has 0 radical (unpaired) electrons. The molecule has 110 valence electrons. The molecule has 1 N–H and O–H groups in total. The van der Waals surface area contributed by atoms with Crippen LogP contribution in [0.5, 0.6) is 0 Å². The van der Waals surface area contributed by atoms with Gasteiger partial charge in [0.2, 0.25) is 0 Å². The molecule has 1 aromatic carbocycles. The number of piperidine rings is 1. The van der Waals surface area contributed by atoms with Gasteiger partial charge in [0.25, 0.3) is 0 Å². The second-order valence-electron chi connectivity index (χ2n) is 5.37. The van der Waals surface area contributed by atoms with Crippen LogP contribution in [0.3, 0.4) is 0 Å². The minimum absolute atomic E-state index is 0.201. The van der Waals surface area contributed by atoms with Gasteiger partial charge in [-0.2, -0.15) is 0 Å². The zero-order valence-corrected chi connectivity index (χ0v) is 12.0. The average molecular weight is 277 g/mol. The summed E-state index contributed by atoms with van der Waals surface area (Å²) in [5, 5.41) is 9.75. The summed E-state index contributed by atoms with van der Waals surface area (Å²) in [4.78, 5) is 13.9. The molecule has 1 aliphatic rings. The zero-order valence-electron chi connectivity index (χ0n) is 12.0. The number of ether oxygens (including phenoxy) is 1. The third-order valence-electron chi connectivity index (χ3n) is 3.74. The fourth-order valence-electron chi connectivity index (χ4n) is 2.67. The first-order valence-corrected chi connectivity index (χ1v) is 7.36. The summed E-state index contributed by atoms with van der Waals surface area (Å²) in [6, 6.07) is 9.85. The molecule has 0 aliphatic carbocycles. The highest BCUT2D eigenvalue weighted by atomic mass is 16.6. The highest BCUT2D eigenvalue weighted by Gasteiger charge is 2.31. The summed E-state index contributed by atoms with van der Waals surface area (Å²) in [7, 11) is 0. The number of carbonyl (C=O) groups is 1. The van der Waals surface area contributed by atoms with Gasteiger partial charge in [-0.15, -0.1) is 0 Å². The lowest BCUT2D eigenvalue weighted by Crippen LogP contribution is -2.48. The number of likely N-dealkylation sites (tertiary alicyclic amines) is 1. The van der Waals surface area contributed by atoms with Crippen molar-refractivity contribution in [2.24, 2.45) is 0 Å². The molecule has 1 amide bonds. The molecule has 4 heteroatoms. The number of β-amino-alcohol motifs (C(OH)–C–C–N with tert-alkyl or cyclic N) is 1. The van der Waals surface area contributed by atoms with Gasteiger partial charge in [0.15, 0.2) is 0 Å². The van der Waals surface area contributed by atoms with Gasteiger partial charge in [0.05, 0.1) is 12.6 Å². The predicted molar refractivity (Wildman–Crippen MR) is 77.3 cm³/mol. The van der Waals surface area contributed by atoms with Crippen LogP contribution in [0.2, 0.25) is 0 Å². The van der Waals surface area contributed by atoms with E-state index < -0.39 is 6.10 Å². The number of nitrogens with zero attached hydrogens (tertiary/aromatic N) is 1. The number of benzene rings is 1. The van der Waals surface area contributed by atoms with E-state index in [1.54, 1.807) is 4.90 Å².